The van der Waals surface area contributed by atoms with Crippen LogP contribution in [-0.2, 0) is 19.4 Å². The average Bonchev–Trinajstić information content (AvgIpc) is 2.71. The van der Waals surface area contributed by atoms with Gasteiger partial charge in [-0.2, -0.15) is 0 Å². The molecule has 0 fully saturated rings. The van der Waals surface area contributed by atoms with Gasteiger partial charge < -0.3 is 5.32 Å². The lowest BCUT2D eigenvalue weighted by Crippen LogP contribution is -2.14. The van der Waals surface area contributed by atoms with Gasteiger partial charge in [-0.3, -0.25) is 0 Å². The van der Waals surface area contributed by atoms with Gasteiger partial charge in [-0.1, -0.05) is 19.8 Å². The van der Waals surface area contributed by atoms with E-state index in [0.717, 1.165) is 13.1 Å². The van der Waals surface area contributed by atoms with Crippen molar-refractivity contribution < 1.29 is 0 Å². The summed E-state index contributed by atoms with van der Waals surface area (Å²) in [7, 11) is 0. The summed E-state index contributed by atoms with van der Waals surface area (Å²) in [6.45, 7) is 4.36. The molecule has 0 saturated heterocycles. The monoisotopic (exact) mass is 238 g/mol. The molecule has 0 spiro atoms. The number of aromatic nitrogens is 1. The first-order valence-electron chi connectivity index (χ1n) is 6.58. The van der Waals surface area contributed by atoms with Crippen molar-refractivity contribution in [2.75, 3.05) is 6.54 Å². The molecule has 0 aromatic carbocycles. The van der Waals surface area contributed by atoms with Crippen LogP contribution in [0.1, 0.15) is 54.6 Å². The lowest BCUT2D eigenvalue weighted by Gasteiger charge is -2.06. The van der Waals surface area contributed by atoms with Crippen LogP contribution in [0.3, 0.4) is 0 Å². The Hall–Kier alpha value is -0.410. The van der Waals surface area contributed by atoms with Gasteiger partial charge in [0.05, 0.1) is 5.69 Å². The molecule has 1 heterocycles. The van der Waals surface area contributed by atoms with Gasteiger partial charge in [0, 0.05) is 11.4 Å². The van der Waals surface area contributed by atoms with Gasteiger partial charge in [0.2, 0.25) is 0 Å². The smallest absolute Gasteiger partial charge is 0.107 e. The molecular weight excluding hydrogens is 216 g/mol. The Bertz CT molecular complexity index is 296. The fourth-order valence-corrected chi connectivity index (χ4v) is 3.30. The van der Waals surface area contributed by atoms with E-state index in [0.29, 0.717) is 0 Å². The molecule has 0 aliphatic heterocycles. The molecular formula is C13H22N2S. The van der Waals surface area contributed by atoms with Crippen molar-refractivity contribution in [1.82, 2.24) is 10.3 Å². The molecule has 1 aliphatic carbocycles. The van der Waals surface area contributed by atoms with Gasteiger partial charge in [0.1, 0.15) is 5.01 Å². The van der Waals surface area contributed by atoms with E-state index in [9.17, 15) is 0 Å². The van der Waals surface area contributed by atoms with Crippen molar-refractivity contribution in [1.29, 1.82) is 0 Å². The Morgan fingerprint density at radius 2 is 2.12 bits per heavy atom. The largest absolute Gasteiger partial charge is 0.310 e. The second-order valence-corrected chi connectivity index (χ2v) is 5.74. The van der Waals surface area contributed by atoms with E-state index in [1.54, 1.807) is 4.88 Å². The number of rotatable bonds is 6. The molecule has 0 saturated carbocycles. The number of thiazole rings is 1. The highest BCUT2D eigenvalue weighted by Crippen LogP contribution is 2.26. The predicted octanol–water partition coefficient (Wildman–Crippen LogP) is 3.30. The highest BCUT2D eigenvalue weighted by Gasteiger charge is 2.14. The molecule has 0 unspecified atom stereocenters. The average molecular weight is 238 g/mol. The summed E-state index contributed by atoms with van der Waals surface area (Å²) >= 11 is 1.93. The number of aryl methyl sites for hydroxylation is 2. The zero-order chi connectivity index (χ0) is 11.2. The van der Waals surface area contributed by atoms with E-state index in [1.165, 1.54) is 55.6 Å². The molecule has 0 amide bonds. The molecule has 3 heteroatoms. The first-order valence-corrected chi connectivity index (χ1v) is 7.40. The van der Waals surface area contributed by atoms with E-state index in [1.807, 2.05) is 11.3 Å². The zero-order valence-electron chi connectivity index (χ0n) is 10.2. The van der Waals surface area contributed by atoms with E-state index >= 15 is 0 Å². The van der Waals surface area contributed by atoms with Gasteiger partial charge in [-0.05, 0) is 38.6 Å². The number of hydrogen-bond donors (Lipinski definition) is 1. The van der Waals surface area contributed by atoms with Gasteiger partial charge in [0.15, 0.2) is 0 Å². The van der Waals surface area contributed by atoms with Crippen LogP contribution in [0.25, 0.3) is 0 Å². The van der Waals surface area contributed by atoms with Crippen LogP contribution >= 0.6 is 11.3 Å². The minimum absolute atomic E-state index is 0.974. The van der Waals surface area contributed by atoms with Gasteiger partial charge in [-0.25, -0.2) is 4.98 Å². The Balaban J connectivity index is 1.74. The van der Waals surface area contributed by atoms with Crippen LogP contribution in [0, 0.1) is 0 Å². The number of nitrogens with zero attached hydrogens (tertiary/aromatic N) is 1. The van der Waals surface area contributed by atoms with Crippen LogP contribution in [0.5, 0.6) is 0 Å². The first-order chi connectivity index (χ1) is 7.90. The van der Waals surface area contributed by atoms with Crippen molar-refractivity contribution in [3.05, 3.63) is 15.6 Å². The standard InChI is InChI=1S/C13H22N2S/c1-2-3-6-9-14-10-13-15-11-7-4-5-8-12(11)16-13/h14H,2-10H2,1H3. The van der Waals surface area contributed by atoms with E-state index in [4.69, 9.17) is 4.98 Å². The highest BCUT2D eigenvalue weighted by molar-refractivity contribution is 7.11. The van der Waals surface area contributed by atoms with Crippen LogP contribution in [0.4, 0.5) is 0 Å². The summed E-state index contributed by atoms with van der Waals surface area (Å²) in [5.41, 5.74) is 1.39. The molecule has 90 valence electrons. The molecule has 16 heavy (non-hydrogen) atoms. The fourth-order valence-electron chi connectivity index (χ4n) is 2.18. The SMILES string of the molecule is CCCCCNCc1nc2c(s1)CCCC2. The second-order valence-electron chi connectivity index (χ2n) is 4.57. The molecule has 1 aliphatic rings. The molecule has 0 bridgehead atoms. The summed E-state index contributed by atoms with van der Waals surface area (Å²) in [4.78, 5) is 6.28. The Kier molecular flexibility index (Phi) is 4.79. The number of hydrogen-bond acceptors (Lipinski definition) is 3. The van der Waals surface area contributed by atoms with E-state index < -0.39 is 0 Å². The third-order valence-corrected chi connectivity index (χ3v) is 4.28. The number of nitrogens with one attached hydrogen (secondary N) is 1. The van der Waals surface area contributed by atoms with Gasteiger partial charge in [-0.15, -0.1) is 11.3 Å². The van der Waals surface area contributed by atoms with E-state index in [2.05, 4.69) is 12.2 Å². The summed E-state index contributed by atoms with van der Waals surface area (Å²) < 4.78 is 0. The zero-order valence-corrected chi connectivity index (χ0v) is 11.0. The minimum Gasteiger partial charge on any atom is -0.310 e. The van der Waals surface area contributed by atoms with Crippen LogP contribution in [-0.4, -0.2) is 11.5 Å². The Morgan fingerprint density at radius 3 is 2.94 bits per heavy atom. The normalized spacial score (nSPS) is 15.1. The highest BCUT2D eigenvalue weighted by atomic mass is 32.1. The molecule has 1 aromatic heterocycles. The molecule has 2 rings (SSSR count). The first kappa shape index (κ1) is 12.1. The number of unbranched alkanes of at least 4 members (excludes halogenated alkanes) is 2. The van der Waals surface area contributed by atoms with Crippen molar-refractivity contribution in [3.63, 3.8) is 0 Å². The third kappa shape index (κ3) is 3.29. The third-order valence-electron chi connectivity index (χ3n) is 3.12. The maximum absolute atomic E-state index is 4.72. The summed E-state index contributed by atoms with van der Waals surface area (Å²) in [6, 6.07) is 0. The lowest BCUT2D eigenvalue weighted by atomic mass is 10.0. The molecule has 2 nitrogen and oxygen atoms in total. The van der Waals surface area contributed by atoms with E-state index in [-0.39, 0.29) is 0 Å². The molecule has 0 radical (unpaired) electrons. The number of fused-ring (bicyclic) bond motifs is 1. The quantitative estimate of drug-likeness (QED) is 0.769. The maximum Gasteiger partial charge on any atom is 0.107 e. The summed E-state index contributed by atoms with van der Waals surface area (Å²) in [5.74, 6) is 0. The molecule has 1 N–H and O–H groups in total. The van der Waals surface area contributed by atoms with Crippen LogP contribution in [0.15, 0.2) is 0 Å². The Morgan fingerprint density at radius 1 is 1.25 bits per heavy atom. The summed E-state index contributed by atoms with van der Waals surface area (Å²) in [6.07, 6.45) is 9.10. The fraction of sp³-hybridized carbons (Fsp3) is 0.769. The van der Waals surface area contributed by atoms with Crippen molar-refractivity contribution in [2.45, 2.75) is 58.4 Å². The predicted molar refractivity (Wildman–Crippen MR) is 70.0 cm³/mol. The Labute approximate surface area is 102 Å². The topological polar surface area (TPSA) is 24.9 Å². The second kappa shape index (κ2) is 6.36. The van der Waals surface area contributed by atoms with Gasteiger partial charge in [0.25, 0.3) is 0 Å². The van der Waals surface area contributed by atoms with Crippen molar-refractivity contribution in [2.24, 2.45) is 0 Å². The van der Waals surface area contributed by atoms with Gasteiger partial charge >= 0.3 is 0 Å². The molecule has 0 atom stereocenters. The van der Waals surface area contributed by atoms with Crippen molar-refractivity contribution >= 4 is 11.3 Å². The lowest BCUT2D eigenvalue weighted by molar-refractivity contribution is 0.613. The van der Waals surface area contributed by atoms with Crippen LogP contribution < -0.4 is 5.32 Å². The maximum atomic E-state index is 4.72. The van der Waals surface area contributed by atoms with Crippen LogP contribution in [0.2, 0.25) is 0 Å². The molecule has 1 aromatic rings. The minimum atomic E-state index is 0.974. The van der Waals surface area contributed by atoms with Crippen molar-refractivity contribution in [3.8, 4) is 0 Å². The summed E-state index contributed by atoms with van der Waals surface area (Å²) in [5, 5.41) is 4.79.